The molecule has 1 aromatic rings. The van der Waals surface area contributed by atoms with Crippen molar-refractivity contribution in [3.8, 4) is 0 Å². The Balaban J connectivity index is 2.34. The molecule has 1 heterocycles. The van der Waals surface area contributed by atoms with E-state index in [2.05, 4.69) is 22.3 Å². The summed E-state index contributed by atoms with van der Waals surface area (Å²) in [7, 11) is -2.57. The number of aryl methyl sites for hydroxylation is 2. The predicted octanol–water partition coefficient (Wildman–Crippen LogP) is 4.01. The molecule has 0 radical (unpaired) electrons. The van der Waals surface area contributed by atoms with Crippen LogP contribution in [0.2, 0.25) is 6.04 Å². The van der Waals surface area contributed by atoms with E-state index < -0.39 is 8.80 Å². The van der Waals surface area contributed by atoms with Gasteiger partial charge in [0.25, 0.3) is 0 Å². The summed E-state index contributed by atoms with van der Waals surface area (Å²) in [5.74, 6) is 0.850. The van der Waals surface area contributed by atoms with Gasteiger partial charge in [-0.3, -0.25) is 0 Å². The molecule has 7 nitrogen and oxygen atoms in total. The molecule has 1 rings (SSSR count). The van der Waals surface area contributed by atoms with Gasteiger partial charge in [0.05, 0.1) is 6.54 Å². The van der Waals surface area contributed by atoms with E-state index in [1.165, 1.54) is 32.1 Å². The number of tetrazole rings is 1. The SMILES string of the molecule is CCCCCCCCc1nnn(CCC[Si](OCC)(OCC)OCC)n1. The highest BCUT2D eigenvalue weighted by Crippen LogP contribution is 2.18. The number of unbranched alkanes of at least 4 members (excludes halogenated alkanes) is 5. The van der Waals surface area contributed by atoms with Crippen LogP contribution >= 0.6 is 0 Å². The third-order valence-electron chi connectivity index (χ3n) is 4.18. The number of hydrogen-bond acceptors (Lipinski definition) is 6. The van der Waals surface area contributed by atoms with Crippen molar-refractivity contribution in [3.05, 3.63) is 5.82 Å². The zero-order valence-corrected chi connectivity index (χ0v) is 18.2. The zero-order valence-electron chi connectivity index (χ0n) is 17.2. The molecular formula is C18H38N4O3Si. The topological polar surface area (TPSA) is 71.3 Å². The molecule has 0 fully saturated rings. The van der Waals surface area contributed by atoms with E-state index >= 15 is 0 Å². The van der Waals surface area contributed by atoms with Gasteiger partial charge in [-0.15, -0.1) is 10.2 Å². The van der Waals surface area contributed by atoms with Crippen molar-refractivity contribution >= 4 is 8.80 Å². The van der Waals surface area contributed by atoms with Gasteiger partial charge in [-0.1, -0.05) is 39.0 Å². The quantitative estimate of drug-likeness (QED) is 0.297. The molecule has 0 atom stereocenters. The predicted molar refractivity (Wildman–Crippen MR) is 105 cm³/mol. The molecule has 0 bridgehead atoms. The van der Waals surface area contributed by atoms with Crippen LogP contribution in [0.25, 0.3) is 0 Å². The van der Waals surface area contributed by atoms with E-state index in [-0.39, 0.29) is 0 Å². The first-order valence-corrected chi connectivity index (χ1v) is 12.3. The van der Waals surface area contributed by atoms with E-state index in [0.717, 1.165) is 31.1 Å². The summed E-state index contributed by atoms with van der Waals surface area (Å²) in [5.41, 5.74) is 0. The van der Waals surface area contributed by atoms with E-state index in [1.807, 2.05) is 20.8 Å². The van der Waals surface area contributed by atoms with Gasteiger partial charge < -0.3 is 13.3 Å². The minimum absolute atomic E-state index is 0.607. The van der Waals surface area contributed by atoms with Crippen LogP contribution in [0.15, 0.2) is 0 Å². The average Bonchev–Trinajstić information content (AvgIpc) is 3.06. The molecular weight excluding hydrogens is 348 g/mol. The number of hydrogen-bond donors (Lipinski definition) is 0. The zero-order chi connectivity index (χ0) is 19.1. The van der Waals surface area contributed by atoms with E-state index in [9.17, 15) is 0 Å². The molecule has 0 aromatic carbocycles. The number of nitrogens with zero attached hydrogens (tertiary/aromatic N) is 4. The van der Waals surface area contributed by atoms with Gasteiger partial charge in [0, 0.05) is 32.3 Å². The molecule has 0 saturated carbocycles. The van der Waals surface area contributed by atoms with Crippen molar-refractivity contribution in [3.63, 3.8) is 0 Å². The second-order valence-corrected chi connectivity index (χ2v) is 9.14. The Bertz CT molecular complexity index is 442. The Morgan fingerprint density at radius 2 is 1.42 bits per heavy atom. The fourth-order valence-corrected chi connectivity index (χ4v) is 5.57. The highest BCUT2D eigenvalue weighted by molar-refractivity contribution is 6.60. The standard InChI is InChI=1S/C18H38N4O3Si/c1-5-9-10-11-12-13-15-18-19-21-22(20-18)16-14-17-26(23-6-2,24-7-3)25-8-4/h5-17H2,1-4H3. The lowest BCUT2D eigenvalue weighted by atomic mass is 10.1. The molecule has 152 valence electrons. The maximum atomic E-state index is 5.88. The molecule has 0 unspecified atom stereocenters. The Labute approximate surface area is 160 Å². The molecule has 0 aliphatic carbocycles. The Hall–Kier alpha value is -0.833. The Morgan fingerprint density at radius 1 is 0.808 bits per heavy atom. The van der Waals surface area contributed by atoms with Crippen molar-refractivity contribution in [1.29, 1.82) is 0 Å². The van der Waals surface area contributed by atoms with Crippen molar-refractivity contribution in [2.75, 3.05) is 19.8 Å². The fraction of sp³-hybridized carbons (Fsp3) is 0.944. The first-order valence-electron chi connectivity index (χ1n) is 10.4. The van der Waals surface area contributed by atoms with Gasteiger partial charge in [-0.25, -0.2) is 0 Å². The van der Waals surface area contributed by atoms with Gasteiger partial charge in [-0.05, 0) is 38.8 Å². The van der Waals surface area contributed by atoms with E-state index in [1.54, 1.807) is 4.80 Å². The Kier molecular flexibility index (Phi) is 12.7. The Morgan fingerprint density at radius 3 is 2.04 bits per heavy atom. The first-order chi connectivity index (χ1) is 12.7. The summed E-state index contributed by atoms with van der Waals surface area (Å²) in [4.78, 5) is 1.69. The second-order valence-electron chi connectivity index (χ2n) is 6.40. The summed E-state index contributed by atoms with van der Waals surface area (Å²) in [6, 6.07) is 0.775. The minimum atomic E-state index is -2.57. The smallest absolute Gasteiger partial charge is 0.374 e. The van der Waals surface area contributed by atoms with Crippen LogP contribution in [-0.2, 0) is 26.2 Å². The van der Waals surface area contributed by atoms with Crippen LogP contribution in [0.5, 0.6) is 0 Å². The largest absolute Gasteiger partial charge is 0.500 e. The van der Waals surface area contributed by atoms with E-state index in [0.29, 0.717) is 26.4 Å². The molecule has 0 aliphatic rings. The maximum absolute atomic E-state index is 5.88. The molecule has 0 saturated heterocycles. The van der Waals surface area contributed by atoms with Gasteiger partial charge in [0.2, 0.25) is 0 Å². The molecule has 26 heavy (non-hydrogen) atoms. The normalized spacial score (nSPS) is 12.0. The summed E-state index contributed by atoms with van der Waals surface area (Å²) < 4.78 is 17.6. The lowest BCUT2D eigenvalue weighted by molar-refractivity contribution is 0.0703. The second kappa shape index (κ2) is 14.3. The van der Waals surface area contributed by atoms with Crippen LogP contribution in [-0.4, -0.2) is 48.8 Å². The van der Waals surface area contributed by atoms with Crippen molar-refractivity contribution in [2.24, 2.45) is 0 Å². The summed E-state index contributed by atoms with van der Waals surface area (Å²) in [5, 5.41) is 12.8. The molecule has 0 N–H and O–H groups in total. The van der Waals surface area contributed by atoms with Crippen LogP contribution in [0.4, 0.5) is 0 Å². The molecule has 0 amide bonds. The summed E-state index contributed by atoms with van der Waals surface area (Å²) >= 11 is 0. The molecule has 8 heteroatoms. The molecule has 0 spiro atoms. The van der Waals surface area contributed by atoms with Gasteiger partial charge in [-0.2, -0.15) is 4.80 Å². The van der Waals surface area contributed by atoms with Crippen LogP contribution in [0, 0.1) is 0 Å². The lowest BCUT2D eigenvalue weighted by Gasteiger charge is -2.28. The monoisotopic (exact) mass is 386 g/mol. The van der Waals surface area contributed by atoms with Gasteiger partial charge in [0.1, 0.15) is 0 Å². The molecule has 1 aromatic heterocycles. The minimum Gasteiger partial charge on any atom is -0.374 e. The lowest BCUT2D eigenvalue weighted by Crippen LogP contribution is -2.46. The average molecular weight is 387 g/mol. The fourth-order valence-electron chi connectivity index (χ4n) is 2.97. The van der Waals surface area contributed by atoms with Crippen molar-refractivity contribution in [1.82, 2.24) is 20.2 Å². The summed E-state index contributed by atoms with van der Waals surface area (Å²) in [6.07, 6.45) is 9.44. The summed E-state index contributed by atoms with van der Waals surface area (Å²) in [6.45, 7) is 10.7. The number of aromatic nitrogens is 4. The first kappa shape index (κ1) is 23.2. The third-order valence-corrected chi connectivity index (χ3v) is 7.33. The van der Waals surface area contributed by atoms with Crippen molar-refractivity contribution in [2.45, 2.75) is 91.7 Å². The van der Waals surface area contributed by atoms with Gasteiger partial charge in [0.15, 0.2) is 5.82 Å². The van der Waals surface area contributed by atoms with Gasteiger partial charge >= 0.3 is 8.80 Å². The van der Waals surface area contributed by atoms with E-state index in [4.69, 9.17) is 13.3 Å². The third kappa shape index (κ3) is 9.20. The highest BCUT2D eigenvalue weighted by atomic mass is 28.4. The highest BCUT2D eigenvalue weighted by Gasteiger charge is 2.39. The van der Waals surface area contributed by atoms with Crippen LogP contribution in [0.3, 0.4) is 0 Å². The molecule has 0 aliphatic heterocycles. The van der Waals surface area contributed by atoms with Crippen LogP contribution in [0.1, 0.15) is 78.5 Å². The van der Waals surface area contributed by atoms with Crippen molar-refractivity contribution < 1.29 is 13.3 Å². The number of rotatable bonds is 17. The van der Waals surface area contributed by atoms with Crippen LogP contribution < -0.4 is 0 Å². The maximum Gasteiger partial charge on any atom is 0.500 e.